The number of nitrogens with one attached hydrogen (secondary N) is 1. The summed E-state index contributed by atoms with van der Waals surface area (Å²) < 4.78 is 25.1. The molecule has 0 radical (unpaired) electrons. The fourth-order valence-corrected chi connectivity index (χ4v) is 3.90. The Morgan fingerprint density at radius 3 is 2.86 bits per heavy atom. The number of hydrogen-bond acceptors (Lipinski definition) is 4. The molecule has 152 valence electrons. The van der Waals surface area contributed by atoms with E-state index in [0.717, 1.165) is 25.2 Å². The number of likely N-dealkylation sites (N-methyl/N-ethyl adjacent to an activating group) is 1. The molecule has 0 bridgehead atoms. The monoisotopic (exact) mass is 406 g/mol. The zero-order valence-electron chi connectivity index (χ0n) is 16.5. The fourth-order valence-electron chi connectivity index (χ4n) is 3.69. The molecule has 28 heavy (non-hydrogen) atoms. The molecule has 1 aliphatic rings. The quantitative estimate of drug-likeness (QED) is 0.657. The Bertz CT molecular complexity index is 767. The number of likely N-dealkylation sites (tertiary alicyclic amines) is 1. The van der Waals surface area contributed by atoms with Gasteiger partial charge in [-0.2, -0.15) is 0 Å². The van der Waals surface area contributed by atoms with E-state index < -0.39 is 0 Å². The van der Waals surface area contributed by atoms with Gasteiger partial charge in [0.15, 0.2) is 11.5 Å². The van der Waals surface area contributed by atoms with Gasteiger partial charge in [0.05, 0.1) is 12.1 Å². The van der Waals surface area contributed by atoms with Crippen molar-refractivity contribution in [2.75, 3.05) is 26.7 Å². The lowest BCUT2D eigenvalue weighted by atomic mass is 10.1. The lowest BCUT2D eigenvalue weighted by Crippen LogP contribution is -2.37. The lowest BCUT2D eigenvalue weighted by molar-refractivity contribution is 0.259. The number of rotatable bonds is 9. The summed E-state index contributed by atoms with van der Waals surface area (Å²) in [7, 11) is 1.60. The Hall–Kier alpha value is -1.82. The molecular formula is C22H28ClFN2O2. The van der Waals surface area contributed by atoms with Crippen molar-refractivity contribution in [2.24, 2.45) is 0 Å². The van der Waals surface area contributed by atoms with Gasteiger partial charge in [-0.25, -0.2) is 4.39 Å². The van der Waals surface area contributed by atoms with Crippen molar-refractivity contribution < 1.29 is 13.9 Å². The number of methoxy groups -OCH3 is 1. The van der Waals surface area contributed by atoms with Gasteiger partial charge in [-0.3, -0.25) is 4.90 Å². The minimum absolute atomic E-state index is 0.0496. The van der Waals surface area contributed by atoms with Gasteiger partial charge in [0.1, 0.15) is 12.4 Å². The van der Waals surface area contributed by atoms with Gasteiger partial charge < -0.3 is 14.8 Å². The van der Waals surface area contributed by atoms with Crippen LogP contribution in [0.4, 0.5) is 4.39 Å². The van der Waals surface area contributed by atoms with Gasteiger partial charge in [0.25, 0.3) is 0 Å². The Morgan fingerprint density at radius 1 is 1.25 bits per heavy atom. The number of hydrogen-bond donors (Lipinski definition) is 1. The van der Waals surface area contributed by atoms with Crippen molar-refractivity contribution in [2.45, 2.75) is 39.0 Å². The molecule has 0 saturated carbocycles. The van der Waals surface area contributed by atoms with E-state index >= 15 is 0 Å². The topological polar surface area (TPSA) is 33.7 Å². The van der Waals surface area contributed by atoms with Crippen LogP contribution in [0.2, 0.25) is 5.02 Å². The second-order valence-electron chi connectivity index (χ2n) is 7.03. The highest BCUT2D eigenvalue weighted by Gasteiger charge is 2.22. The lowest BCUT2D eigenvalue weighted by Gasteiger charge is -2.23. The summed E-state index contributed by atoms with van der Waals surface area (Å²) in [4.78, 5) is 2.53. The molecule has 6 heteroatoms. The average Bonchev–Trinajstić information content (AvgIpc) is 3.15. The second kappa shape index (κ2) is 10.1. The van der Waals surface area contributed by atoms with Crippen LogP contribution >= 0.6 is 11.6 Å². The smallest absolute Gasteiger partial charge is 0.161 e. The maximum atomic E-state index is 13.9. The maximum Gasteiger partial charge on any atom is 0.161 e. The van der Waals surface area contributed by atoms with Gasteiger partial charge in [-0.15, -0.1) is 0 Å². The highest BCUT2D eigenvalue weighted by atomic mass is 35.5. The van der Waals surface area contributed by atoms with E-state index in [2.05, 4.69) is 17.1 Å². The molecule has 0 aliphatic carbocycles. The van der Waals surface area contributed by atoms with Crippen LogP contribution in [0.5, 0.6) is 11.5 Å². The molecule has 4 nitrogen and oxygen atoms in total. The van der Waals surface area contributed by atoms with Crippen LogP contribution < -0.4 is 14.8 Å². The summed E-state index contributed by atoms with van der Waals surface area (Å²) in [6.07, 6.45) is 2.54. The Balaban J connectivity index is 1.57. The van der Waals surface area contributed by atoms with Gasteiger partial charge in [-0.1, -0.05) is 30.7 Å². The summed E-state index contributed by atoms with van der Waals surface area (Å²) in [5.74, 6) is 0.821. The molecule has 0 spiro atoms. The van der Waals surface area contributed by atoms with E-state index in [-0.39, 0.29) is 12.4 Å². The summed E-state index contributed by atoms with van der Waals surface area (Å²) in [5, 5.41) is 3.90. The third kappa shape index (κ3) is 5.16. The maximum absolute atomic E-state index is 13.9. The molecule has 0 aromatic heterocycles. The summed E-state index contributed by atoms with van der Waals surface area (Å²) in [6.45, 7) is 6.33. The number of halogens is 2. The van der Waals surface area contributed by atoms with E-state index in [1.807, 2.05) is 18.2 Å². The zero-order chi connectivity index (χ0) is 19.9. The molecule has 1 saturated heterocycles. The molecule has 2 aromatic rings. The van der Waals surface area contributed by atoms with E-state index in [1.165, 1.54) is 25.5 Å². The third-order valence-corrected chi connectivity index (χ3v) is 5.63. The number of ether oxygens (including phenoxy) is 2. The van der Waals surface area contributed by atoms with Gasteiger partial charge in [-0.05, 0) is 55.8 Å². The van der Waals surface area contributed by atoms with Gasteiger partial charge in [0, 0.05) is 24.7 Å². The Kier molecular flexibility index (Phi) is 7.54. The zero-order valence-corrected chi connectivity index (χ0v) is 17.3. The predicted octanol–water partition coefficient (Wildman–Crippen LogP) is 4.64. The van der Waals surface area contributed by atoms with Gasteiger partial charge in [0.2, 0.25) is 0 Å². The predicted molar refractivity (Wildman–Crippen MR) is 111 cm³/mol. The molecule has 3 rings (SSSR count). The normalized spacial score (nSPS) is 17.1. The molecule has 1 atom stereocenters. The van der Waals surface area contributed by atoms with E-state index in [4.69, 9.17) is 21.1 Å². The van der Waals surface area contributed by atoms with Crippen molar-refractivity contribution in [3.63, 3.8) is 0 Å². The minimum atomic E-state index is -0.375. The molecule has 1 heterocycles. The molecular weight excluding hydrogens is 379 g/mol. The average molecular weight is 407 g/mol. The van der Waals surface area contributed by atoms with Crippen molar-refractivity contribution in [3.05, 3.63) is 58.4 Å². The van der Waals surface area contributed by atoms with E-state index in [9.17, 15) is 4.39 Å². The molecule has 2 aromatic carbocycles. The number of nitrogens with zero attached hydrogens (tertiary/aromatic N) is 1. The van der Waals surface area contributed by atoms with Crippen molar-refractivity contribution >= 4 is 11.6 Å². The van der Waals surface area contributed by atoms with Crippen LogP contribution in [0.25, 0.3) is 0 Å². The fraction of sp³-hybridized carbons (Fsp3) is 0.455. The first-order chi connectivity index (χ1) is 13.6. The van der Waals surface area contributed by atoms with Crippen molar-refractivity contribution in [1.29, 1.82) is 0 Å². The first-order valence-corrected chi connectivity index (χ1v) is 10.2. The van der Waals surface area contributed by atoms with Crippen LogP contribution in [0.15, 0.2) is 36.4 Å². The van der Waals surface area contributed by atoms with E-state index in [1.54, 1.807) is 19.2 Å². The first kappa shape index (κ1) is 20.9. The SMILES string of the molecule is CCN1CCC[C@H]1CNCc1ccc(OCc2c(F)cccc2Cl)c(OC)c1. The second-order valence-corrected chi connectivity index (χ2v) is 7.44. The highest BCUT2D eigenvalue weighted by Crippen LogP contribution is 2.30. The van der Waals surface area contributed by atoms with Crippen LogP contribution in [0, 0.1) is 5.82 Å². The summed E-state index contributed by atoms with van der Waals surface area (Å²) in [6, 6.07) is 11.0. The third-order valence-electron chi connectivity index (χ3n) is 5.28. The molecule has 1 fully saturated rings. The molecule has 1 N–H and O–H groups in total. The molecule has 1 aliphatic heterocycles. The van der Waals surface area contributed by atoms with Crippen molar-refractivity contribution in [1.82, 2.24) is 10.2 Å². The van der Waals surface area contributed by atoms with Crippen LogP contribution in [0.3, 0.4) is 0 Å². The van der Waals surface area contributed by atoms with Crippen LogP contribution in [-0.4, -0.2) is 37.7 Å². The summed E-state index contributed by atoms with van der Waals surface area (Å²) >= 11 is 6.06. The van der Waals surface area contributed by atoms with Gasteiger partial charge >= 0.3 is 0 Å². The van der Waals surface area contributed by atoms with Crippen LogP contribution in [-0.2, 0) is 13.2 Å². The van der Waals surface area contributed by atoms with E-state index in [0.29, 0.717) is 28.1 Å². The highest BCUT2D eigenvalue weighted by molar-refractivity contribution is 6.31. The first-order valence-electron chi connectivity index (χ1n) is 9.79. The van der Waals surface area contributed by atoms with Crippen LogP contribution in [0.1, 0.15) is 30.9 Å². The standard InChI is InChI=1S/C22H28ClFN2O2/c1-3-26-11-5-6-17(26)14-25-13-16-9-10-21(22(12-16)27-2)28-15-18-19(23)7-4-8-20(18)24/h4,7-10,12,17,25H,3,5-6,11,13-15H2,1-2H3/t17-/m0/s1. The Labute approximate surface area is 171 Å². The molecule has 0 amide bonds. The number of benzene rings is 2. The molecule has 0 unspecified atom stereocenters. The Morgan fingerprint density at radius 2 is 2.11 bits per heavy atom. The summed E-state index contributed by atoms with van der Waals surface area (Å²) in [5.41, 5.74) is 1.46. The largest absolute Gasteiger partial charge is 0.493 e. The van der Waals surface area contributed by atoms with Crippen molar-refractivity contribution in [3.8, 4) is 11.5 Å². The minimum Gasteiger partial charge on any atom is -0.493 e.